The average molecular weight is 239 g/mol. The van der Waals surface area contributed by atoms with Gasteiger partial charge in [0.05, 0.1) is 0 Å². The Labute approximate surface area is 106 Å². The lowest BCUT2D eigenvalue weighted by atomic mass is 9.83. The second-order valence-corrected chi connectivity index (χ2v) is 6.07. The molecule has 2 N–H and O–H groups in total. The SMILES string of the molecule is CC1=CC(C)CC(CNC(CCO)C(C)C)C1. The van der Waals surface area contributed by atoms with Gasteiger partial charge < -0.3 is 10.4 Å². The molecule has 2 nitrogen and oxygen atoms in total. The van der Waals surface area contributed by atoms with Crippen LogP contribution in [0.5, 0.6) is 0 Å². The molecule has 3 atom stereocenters. The molecule has 0 aliphatic heterocycles. The first-order valence-electron chi connectivity index (χ1n) is 7.04. The first-order valence-corrected chi connectivity index (χ1v) is 7.04. The third kappa shape index (κ3) is 5.22. The largest absolute Gasteiger partial charge is 0.396 e. The number of hydrogen-bond acceptors (Lipinski definition) is 2. The highest BCUT2D eigenvalue weighted by molar-refractivity contribution is 5.06. The number of aliphatic hydroxyl groups excluding tert-OH is 1. The summed E-state index contributed by atoms with van der Waals surface area (Å²) in [7, 11) is 0. The zero-order valence-corrected chi connectivity index (χ0v) is 11.9. The Balaban J connectivity index is 2.36. The molecule has 0 bridgehead atoms. The Hall–Kier alpha value is -0.340. The van der Waals surface area contributed by atoms with E-state index < -0.39 is 0 Å². The van der Waals surface area contributed by atoms with Crippen LogP contribution in [-0.2, 0) is 0 Å². The minimum atomic E-state index is 0.288. The number of rotatable bonds is 6. The number of hydrogen-bond donors (Lipinski definition) is 2. The average Bonchev–Trinajstić information content (AvgIpc) is 2.22. The minimum absolute atomic E-state index is 0.288. The van der Waals surface area contributed by atoms with Gasteiger partial charge in [0.1, 0.15) is 0 Å². The maximum Gasteiger partial charge on any atom is 0.0445 e. The van der Waals surface area contributed by atoms with Gasteiger partial charge in [-0.1, -0.05) is 32.4 Å². The Morgan fingerprint density at radius 3 is 2.71 bits per heavy atom. The molecular weight excluding hydrogens is 210 g/mol. The van der Waals surface area contributed by atoms with Crippen LogP contribution in [0.2, 0.25) is 0 Å². The van der Waals surface area contributed by atoms with Gasteiger partial charge in [0.25, 0.3) is 0 Å². The van der Waals surface area contributed by atoms with Crippen LogP contribution in [0.25, 0.3) is 0 Å². The van der Waals surface area contributed by atoms with Gasteiger partial charge in [-0.2, -0.15) is 0 Å². The maximum absolute atomic E-state index is 9.06. The molecule has 0 aromatic carbocycles. The summed E-state index contributed by atoms with van der Waals surface area (Å²) in [6, 6.07) is 0.460. The monoisotopic (exact) mass is 239 g/mol. The number of nitrogens with one attached hydrogen (secondary N) is 1. The van der Waals surface area contributed by atoms with Gasteiger partial charge in [-0.25, -0.2) is 0 Å². The predicted molar refractivity (Wildman–Crippen MR) is 74.0 cm³/mol. The predicted octanol–water partition coefficient (Wildman–Crippen LogP) is 2.98. The van der Waals surface area contributed by atoms with E-state index in [0.29, 0.717) is 12.0 Å². The molecule has 0 fully saturated rings. The number of allylic oxidation sites excluding steroid dienone is 2. The molecule has 0 aromatic heterocycles. The fourth-order valence-electron chi connectivity index (χ4n) is 2.97. The second kappa shape index (κ2) is 7.17. The fraction of sp³-hybridized carbons (Fsp3) is 0.867. The molecule has 1 rings (SSSR count). The fourth-order valence-corrected chi connectivity index (χ4v) is 2.97. The van der Waals surface area contributed by atoms with Crippen molar-refractivity contribution in [3.05, 3.63) is 11.6 Å². The molecule has 3 unspecified atom stereocenters. The summed E-state index contributed by atoms with van der Waals surface area (Å²) in [4.78, 5) is 0. The van der Waals surface area contributed by atoms with E-state index >= 15 is 0 Å². The summed E-state index contributed by atoms with van der Waals surface area (Å²) in [5.41, 5.74) is 1.54. The van der Waals surface area contributed by atoms with Gasteiger partial charge in [-0.05, 0) is 50.5 Å². The smallest absolute Gasteiger partial charge is 0.0445 e. The van der Waals surface area contributed by atoms with Crippen LogP contribution in [0.1, 0.15) is 47.0 Å². The maximum atomic E-state index is 9.06. The van der Waals surface area contributed by atoms with Crippen molar-refractivity contribution in [2.45, 2.75) is 53.0 Å². The normalized spacial score (nSPS) is 27.1. The second-order valence-electron chi connectivity index (χ2n) is 6.07. The summed E-state index contributed by atoms with van der Waals surface area (Å²) in [5.74, 6) is 2.10. The zero-order chi connectivity index (χ0) is 12.8. The molecule has 0 aromatic rings. The van der Waals surface area contributed by atoms with Crippen LogP contribution < -0.4 is 5.32 Å². The van der Waals surface area contributed by atoms with Crippen LogP contribution in [-0.4, -0.2) is 24.3 Å². The lowest BCUT2D eigenvalue weighted by Crippen LogP contribution is -2.38. The molecule has 0 radical (unpaired) electrons. The van der Waals surface area contributed by atoms with Crippen molar-refractivity contribution in [1.82, 2.24) is 5.32 Å². The summed E-state index contributed by atoms with van der Waals surface area (Å²) >= 11 is 0. The van der Waals surface area contributed by atoms with E-state index in [-0.39, 0.29) is 6.61 Å². The third-order valence-electron chi connectivity index (χ3n) is 3.80. The molecular formula is C15H29NO. The highest BCUT2D eigenvalue weighted by atomic mass is 16.3. The minimum Gasteiger partial charge on any atom is -0.396 e. The van der Waals surface area contributed by atoms with Crippen molar-refractivity contribution in [3.63, 3.8) is 0 Å². The van der Waals surface area contributed by atoms with Crippen LogP contribution in [0.3, 0.4) is 0 Å². The van der Waals surface area contributed by atoms with Gasteiger partial charge in [-0.3, -0.25) is 0 Å². The van der Waals surface area contributed by atoms with Crippen molar-refractivity contribution in [1.29, 1.82) is 0 Å². The lowest BCUT2D eigenvalue weighted by molar-refractivity contribution is 0.236. The first kappa shape index (κ1) is 14.7. The van der Waals surface area contributed by atoms with Crippen molar-refractivity contribution in [3.8, 4) is 0 Å². The van der Waals surface area contributed by atoms with Gasteiger partial charge in [-0.15, -0.1) is 0 Å². The van der Waals surface area contributed by atoms with E-state index in [4.69, 9.17) is 5.11 Å². The highest BCUT2D eigenvalue weighted by Gasteiger charge is 2.20. The van der Waals surface area contributed by atoms with Crippen molar-refractivity contribution in [2.24, 2.45) is 17.8 Å². The van der Waals surface area contributed by atoms with Crippen molar-refractivity contribution in [2.75, 3.05) is 13.2 Å². The lowest BCUT2D eigenvalue weighted by Gasteiger charge is -2.29. The molecule has 0 amide bonds. The summed E-state index contributed by atoms with van der Waals surface area (Å²) in [5, 5.41) is 12.7. The van der Waals surface area contributed by atoms with E-state index in [0.717, 1.165) is 24.8 Å². The van der Waals surface area contributed by atoms with E-state index in [9.17, 15) is 0 Å². The third-order valence-corrected chi connectivity index (χ3v) is 3.80. The highest BCUT2D eigenvalue weighted by Crippen LogP contribution is 2.27. The Morgan fingerprint density at radius 1 is 1.47 bits per heavy atom. The van der Waals surface area contributed by atoms with Crippen LogP contribution >= 0.6 is 0 Å². The van der Waals surface area contributed by atoms with Crippen LogP contribution in [0, 0.1) is 17.8 Å². The van der Waals surface area contributed by atoms with Gasteiger partial charge in [0.2, 0.25) is 0 Å². The summed E-state index contributed by atoms with van der Waals surface area (Å²) in [6.45, 7) is 10.4. The molecule has 2 heteroatoms. The van der Waals surface area contributed by atoms with E-state index in [1.165, 1.54) is 12.8 Å². The van der Waals surface area contributed by atoms with Crippen molar-refractivity contribution < 1.29 is 5.11 Å². The first-order chi connectivity index (χ1) is 8.02. The topological polar surface area (TPSA) is 32.3 Å². The Bertz CT molecular complexity index is 247. The molecule has 100 valence electrons. The van der Waals surface area contributed by atoms with E-state index in [2.05, 4.69) is 39.1 Å². The van der Waals surface area contributed by atoms with Gasteiger partial charge in [0, 0.05) is 12.6 Å². The molecule has 1 aliphatic rings. The quantitative estimate of drug-likeness (QED) is 0.698. The van der Waals surface area contributed by atoms with Crippen LogP contribution in [0.4, 0.5) is 0 Å². The molecule has 0 spiro atoms. The molecule has 17 heavy (non-hydrogen) atoms. The Morgan fingerprint density at radius 2 is 2.18 bits per heavy atom. The van der Waals surface area contributed by atoms with Gasteiger partial charge in [0.15, 0.2) is 0 Å². The summed E-state index contributed by atoms with van der Waals surface area (Å²) in [6.07, 6.45) is 5.81. The standard InChI is InChI=1S/C15H29NO/c1-11(2)15(5-6-17)16-10-14-8-12(3)7-13(4)9-14/h7,11-12,14-17H,5-6,8-10H2,1-4H3. The Kier molecular flexibility index (Phi) is 6.21. The van der Waals surface area contributed by atoms with Crippen LogP contribution in [0.15, 0.2) is 11.6 Å². The van der Waals surface area contributed by atoms with Crippen molar-refractivity contribution >= 4 is 0 Å². The molecule has 0 heterocycles. The molecule has 0 saturated carbocycles. The van der Waals surface area contributed by atoms with Gasteiger partial charge >= 0.3 is 0 Å². The van der Waals surface area contributed by atoms with E-state index in [1.54, 1.807) is 5.57 Å². The molecule has 0 saturated heterocycles. The molecule has 1 aliphatic carbocycles. The summed E-state index contributed by atoms with van der Waals surface area (Å²) < 4.78 is 0. The van der Waals surface area contributed by atoms with E-state index in [1.807, 2.05) is 0 Å². The number of aliphatic hydroxyl groups is 1. The zero-order valence-electron chi connectivity index (χ0n) is 11.9.